The normalized spacial score (nSPS) is 12.7. The zero-order chi connectivity index (χ0) is 22.6. The fourth-order valence-corrected chi connectivity index (χ4v) is 4.49. The Hall–Kier alpha value is -3.27. The molecule has 0 fully saturated rings. The lowest BCUT2D eigenvalue weighted by molar-refractivity contribution is -0.138. The molecular weight excluding hydrogens is 426 g/mol. The first-order chi connectivity index (χ1) is 14.8. The summed E-state index contributed by atoms with van der Waals surface area (Å²) in [6, 6.07) is 8.72. The molecule has 1 aliphatic rings. The lowest BCUT2D eigenvalue weighted by Crippen LogP contribution is -2.37. The average molecular weight is 449 g/mol. The fraction of sp³-hybridized carbons (Fsp3) is 0.333. The largest absolute Gasteiger partial charge is 0.486 e. The number of sulfonamides is 1. The molecule has 0 bridgehead atoms. The molecule has 9 nitrogen and oxygen atoms in total. The van der Waals surface area contributed by atoms with Gasteiger partial charge in [-0.05, 0) is 43.7 Å². The van der Waals surface area contributed by atoms with Gasteiger partial charge < -0.3 is 18.9 Å². The lowest BCUT2D eigenvalue weighted by Gasteiger charge is -2.26. The number of anilines is 1. The Morgan fingerprint density at radius 3 is 2.45 bits per heavy atom. The maximum atomic E-state index is 13.5. The van der Waals surface area contributed by atoms with Crippen molar-refractivity contribution in [2.75, 3.05) is 37.8 Å². The molecule has 0 atom stereocenters. The molecule has 1 heterocycles. The number of benzene rings is 2. The van der Waals surface area contributed by atoms with Crippen molar-refractivity contribution in [3.63, 3.8) is 0 Å². The molecule has 2 aromatic rings. The van der Waals surface area contributed by atoms with Gasteiger partial charge in [0.05, 0.1) is 29.9 Å². The van der Waals surface area contributed by atoms with Gasteiger partial charge in [0, 0.05) is 6.07 Å². The Morgan fingerprint density at radius 2 is 1.77 bits per heavy atom. The van der Waals surface area contributed by atoms with Crippen LogP contribution in [0.3, 0.4) is 0 Å². The molecule has 0 spiro atoms. The van der Waals surface area contributed by atoms with Crippen LogP contribution in [-0.2, 0) is 24.3 Å². The van der Waals surface area contributed by atoms with Crippen LogP contribution in [0, 0.1) is 6.92 Å². The summed E-state index contributed by atoms with van der Waals surface area (Å²) in [6.45, 7) is 3.59. The van der Waals surface area contributed by atoms with Crippen molar-refractivity contribution in [2.24, 2.45) is 0 Å². The molecule has 3 rings (SSSR count). The second-order valence-electron chi connectivity index (χ2n) is 6.62. The van der Waals surface area contributed by atoms with Gasteiger partial charge in [-0.1, -0.05) is 6.07 Å². The van der Waals surface area contributed by atoms with Crippen molar-refractivity contribution >= 4 is 27.6 Å². The zero-order valence-corrected chi connectivity index (χ0v) is 18.2. The molecule has 2 aromatic carbocycles. The number of carbonyl (C=O) groups is 2. The van der Waals surface area contributed by atoms with Gasteiger partial charge in [-0.15, -0.1) is 0 Å². The Kier molecular flexibility index (Phi) is 6.69. The van der Waals surface area contributed by atoms with Crippen LogP contribution in [0.15, 0.2) is 41.3 Å². The number of rotatable bonds is 7. The van der Waals surface area contributed by atoms with E-state index >= 15 is 0 Å². The van der Waals surface area contributed by atoms with Crippen LogP contribution in [0.25, 0.3) is 0 Å². The van der Waals surface area contributed by atoms with E-state index in [1.807, 2.05) is 0 Å². The molecule has 0 aromatic heterocycles. The minimum absolute atomic E-state index is 0.0957. The van der Waals surface area contributed by atoms with E-state index in [0.29, 0.717) is 30.3 Å². The fourth-order valence-electron chi connectivity index (χ4n) is 3.01. The van der Waals surface area contributed by atoms with Gasteiger partial charge in [-0.2, -0.15) is 0 Å². The first kappa shape index (κ1) is 22.4. The summed E-state index contributed by atoms with van der Waals surface area (Å²) < 4.78 is 48.6. The highest BCUT2D eigenvalue weighted by atomic mass is 32.2. The molecule has 166 valence electrons. The van der Waals surface area contributed by atoms with E-state index in [9.17, 15) is 18.0 Å². The van der Waals surface area contributed by atoms with Gasteiger partial charge in [0.15, 0.2) is 11.5 Å². The molecule has 1 aliphatic heterocycles. The zero-order valence-electron chi connectivity index (χ0n) is 17.4. The predicted molar refractivity (Wildman–Crippen MR) is 111 cm³/mol. The summed E-state index contributed by atoms with van der Waals surface area (Å²) in [6.07, 6.45) is 0. The lowest BCUT2D eigenvalue weighted by atomic mass is 10.1. The van der Waals surface area contributed by atoms with Crippen molar-refractivity contribution in [1.29, 1.82) is 0 Å². The third-order valence-electron chi connectivity index (χ3n) is 4.59. The molecule has 31 heavy (non-hydrogen) atoms. The van der Waals surface area contributed by atoms with Gasteiger partial charge >= 0.3 is 11.9 Å². The molecule has 0 amide bonds. The molecular formula is C21H23NO8S. The summed E-state index contributed by atoms with van der Waals surface area (Å²) >= 11 is 0. The summed E-state index contributed by atoms with van der Waals surface area (Å²) in [4.78, 5) is 24.2. The second-order valence-corrected chi connectivity index (χ2v) is 8.48. The predicted octanol–water partition coefficient (Wildman–Crippen LogP) is 2.31. The average Bonchev–Trinajstić information content (AvgIpc) is 2.77. The standard InChI is InChI=1S/C21H23NO8S/c1-4-28-21(24)15-6-5-14(2)17(11-15)22(13-20(23)27-3)31(25,26)16-7-8-18-19(12-16)30-10-9-29-18/h5-8,11-12H,4,9-10,13H2,1-3H3. The maximum Gasteiger partial charge on any atom is 0.338 e. The Bertz CT molecular complexity index is 1100. The van der Waals surface area contributed by atoms with E-state index in [0.717, 1.165) is 4.31 Å². The van der Waals surface area contributed by atoms with Gasteiger partial charge in [0.25, 0.3) is 10.0 Å². The highest BCUT2D eigenvalue weighted by Gasteiger charge is 2.30. The number of ether oxygens (including phenoxy) is 4. The molecule has 0 radical (unpaired) electrons. The van der Waals surface area contributed by atoms with E-state index in [-0.39, 0.29) is 22.8 Å². The summed E-state index contributed by atoms with van der Waals surface area (Å²) in [5, 5.41) is 0. The van der Waals surface area contributed by atoms with Crippen LogP contribution in [0.2, 0.25) is 0 Å². The van der Waals surface area contributed by atoms with Gasteiger partial charge in [0.2, 0.25) is 0 Å². The summed E-state index contributed by atoms with van der Waals surface area (Å²) in [7, 11) is -3.06. The molecule has 0 saturated carbocycles. The van der Waals surface area contributed by atoms with E-state index in [4.69, 9.17) is 18.9 Å². The van der Waals surface area contributed by atoms with Crippen LogP contribution >= 0.6 is 0 Å². The Labute approximate surface area is 180 Å². The third kappa shape index (κ3) is 4.74. The molecule has 0 saturated heterocycles. The monoisotopic (exact) mass is 449 g/mol. The van der Waals surface area contributed by atoms with E-state index in [1.165, 1.54) is 37.4 Å². The second kappa shape index (κ2) is 9.25. The summed E-state index contributed by atoms with van der Waals surface area (Å²) in [5.74, 6) is -0.631. The van der Waals surface area contributed by atoms with Crippen molar-refractivity contribution in [1.82, 2.24) is 0 Å². The quantitative estimate of drug-likeness (QED) is 0.593. The third-order valence-corrected chi connectivity index (χ3v) is 6.35. The maximum absolute atomic E-state index is 13.5. The van der Waals surface area contributed by atoms with Crippen molar-refractivity contribution in [2.45, 2.75) is 18.7 Å². The first-order valence-electron chi connectivity index (χ1n) is 9.55. The Morgan fingerprint density at radius 1 is 1.06 bits per heavy atom. The highest BCUT2D eigenvalue weighted by Crippen LogP contribution is 2.35. The van der Waals surface area contributed by atoms with Crippen LogP contribution in [0.1, 0.15) is 22.8 Å². The van der Waals surface area contributed by atoms with Crippen molar-refractivity contribution < 1.29 is 37.0 Å². The van der Waals surface area contributed by atoms with Crippen molar-refractivity contribution in [3.8, 4) is 11.5 Å². The number of nitrogens with zero attached hydrogens (tertiary/aromatic N) is 1. The number of fused-ring (bicyclic) bond motifs is 1. The molecule has 0 unspecified atom stereocenters. The number of carbonyl (C=O) groups excluding carboxylic acids is 2. The molecule has 0 aliphatic carbocycles. The van der Waals surface area contributed by atoms with E-state index in [2.05, 4.69) is 0 Å². The van der Waals surface area contributed by atoms with Gasteiger partial charge in [0.1, 0.15) is 19.8 Å². The minimum atomic E-state index is -4.23. The Balaban J connectivity index is 2.10. The van der Waals surface area contributed by atoms with Gasteiger partial charge in [-0.3, -0.25) is 9.10 Å². The van der Waals surface area contributed by atoms with Crippen LogP contribution < -0.4 is 13.8 Å². The van der Waals surface area contributed by atoms with Crippen LogP contribution in [0.5, 0.6) is 11.5 Å². The number of hydrogen-bond acceptors (Lipinski definition) is 8. The van der Waals surface area contributed by atoms with E-state index < -0.39 is 28.5 Å². The minimum Gasteiger partial charge on any atom is -0.486 e. The van der Waals surface area contributed by atoms with Gasteiger partial charge in [-0.25, -0.2) is 13.2 Å². The molecule has 0 N–H and O–H groups in total. The highest BCUT2D eigenvalue weighted by molar-refractivity contribution is 7.92. The van der Waals surface area contributed by atoms with Crippen LogP contribution in [0.4, 0.5) is 5.69 Å². The summed E-state index contributed by atoms with van der Waals surface area (Å²) in [5.41, 5.74) is 0.860. The SMILES string of the molecule is CCOC(=O)c1ccc(C)c(N(CC(=O)OC)S(=O)(=O)c2ccc3c(c2)OCCO3)c1. The number of methoxy groups -OCH3 is 1. The first-order valence-corrected chi connectivity index (χ1v) is 11.0. The number of hydrogen-bond donors (Lipinski definition) is 0. The van der Waals surface area contributed by atoms with E-state index in [1.54, 1.807) is 19.9 Å². The number of aryl methyl sites for hydroxylation is 1. The smallest absolute Gasteiger partial charge is 0.338 e. The van der Waals surface area contributed by atoms with Crippen LogP contribution in [-0.4, -0.2) is 53.8 Å². The topological polar surface area (TPSA) is 108 Å². The van der Waals surface area contributed by atoms with Crippen molar-refractivity contribution in [3.05, 3.63) is 47.5 Å². The number of esters is 2. The molecule has 10 heteroatoms.